The van der Waals surface area contributed by atoms with Crippen LogP contribution in [0, 0.1) is 13.8 Å². The van der Waals surface area contributed by atoms with Gasteiger partial charge in [-0.05, 0) is 48.6 Å². The summed E-state index contributed by atoms with van der Waals surface area (Å²) in [7, 11) is 1.80. The van der Waals surface area contributed by atoms with Gasteiger partial charge >= 0.3 is 0 Å². The number of carbonyl (C=O) groups is 1. The second kappa shape index (κ2) is 7.84. The second-order valence-electron chi connectivity index (χ2n) is 5.79. The first kappa shape index (κ1) is 17.7. The fraction of sp³-hybridized carbons (Fsp3) is 0.278. The van der Waals surface area contributed by atoms with E-state index < -0.39 is 0 Å². The molecule has 2 heterocycles. The molecule has 0 N–H and O–H groups in total. The molecule has 0 atom stereocenters. The third kappa shape index (κ3) is 4.49. The van der Waals surface area contributed by atoms with Gasteiger partial charge in [0.05, 0.1) is 12.3 Å². The highest BCUT2D eigenvalue weighted by Crippen LogP contribution is 2.25. The molecule has 0 aliphatic rings. The summed E-state index contributed by atoms with van der Waals surface area (Å²) >= 11 is 2.91. The summed E-state index contributed by atoms with van der Waals surface area (Å²) in [6.45, 7) is 4.73. The first-order valence-electron chi connectivity index (χ1n) is 7.83. The second-order valence-corrected chi connectivity index (χ2v) is 7.75. The van der Waals surface area contributed by atoms with Crippen LogP contribution < -0.4 is 0 Å². The Hall–Kier alpha value is -2.12. The smallest absolute Gasteiger partial charge is 0.277 e. The molecule has 0 aliphatic heterocycles. The molecule has 0 fully saturated rings. The topological polar surface area (TPSA) is 59.2 Å². The van der Waals surface area contributed by atoms with Crippen LogP contribution in [0.15, 0.2) is 45.4 Å². The Balaban J connectivity index is 1.57. The lowest BCUT2D eigenvalue weighted by atomic mass is 10.1. The van der Waals surface area contributed by atoms with E-state index in [-0.39, 0.29) is 11.7 Å². The van der Waals surface area contributed by atoms with Crippen LogP contribution in [0.2, 0.25) is 0 Å². The number of rotatable bonds is 6. The summed E-state index contributed by atoms with van der Waals surface area (Å²) < 4.78 is 5.67. The number of benzene rings is 1. The number of nitrogens with zero attached hydrogens (tertiary/aromatic N) is 3. The van der Waals surface area contributed by atoms with Gasteiger partial charge in [0.1, 0.15) is 0 Å². The van der Waals surface area contributed by atoms with Gasteiger partial charge in [0, 0.05) is 17.5 Å². The first-order valence-corrected chi connectivity index (χ1v) is 9.69. The van der Waals surface area contributed by atoms with Crippen LogP contribution in [0.1, 0.15) is 16.0 Å². The van der Waals surface area contributed by atoms with E-state index in [1.165, 1.54) is 22.9 Å². The Bertz CT molecular complexity index is 859. The molecule has 0 saturated carbocycles. The maximum absolute atomic E-state index is 12.2. The minimum atomic E-state index is 0.0318. The predicted octanol–water partition coefficient (Wildman–Crippen LogP) is 4.17. The molecular formula is C18H19N3O2S2. The summed E-state index contributed by atoms with van der Waals surface area (Å²) in [5.74, 6) is 0.783. The molecule has 2 aromatic heterocycles. The molecular weight excluding hydrogens is 354 g/mol. The molecule has 130 valence electrons. The highest BCUT2D eigenvalue weighted by molar-refractivity contribution is 7.99. The van der Waals surface area contributed by atoms with Gasteiger partial charge in [-0.3, -0.25) is 4.79 Å². The lowest BCUT2D eigenvalue weighted by Gasteiger charge is -2.15. The van der Waals surface area contributed by atoms with Crippen molar-refractivity contribution in [3.05, 3.63) is 51.7 Å². The molecule has 7 heteroatoms. The van der Waals surface area contributed by atoms with Gasteiger partial charge in [-0.1, -0.05) is 23.9 Å². The van der Waals surface area contributed by atoms with Crippen molar-refractivity contribution in [1.29, 1.82) is 0 Å². The molecule has 3 rings (SSSR count). The fourth-order valence-corrected chi connectivity index (χ4v) is 3.68. The van der Waals surface area contributed by atoms with E-state index in [0.717, 1.165) is 10.4 Å². The Morgan fingerprint density at radius 2 is 2.08 bits per heavy atom. The molecule has 25 heavy (non-hydrogen) atoms. The molecule has 3 aromatic rings. The molecule has 1 aromatic carbocycles. The van der Waals surface area contributed by atoms with Crippen LogP contribution in [-0.2, 0) is 11.3 Å². The average Bonchev–Trinajstić information content (AvgIpc) is 3.27. The van der Waals surface area contributed by atoms with Gasteiger partial charge in [-0.15, -0.1) is 21.5 Å². The lowest BCUT2D eigenvalue weighted by Crippen LogP contribution is -2.27. The molecule has 0 radical (unpaired) electrons. The van der Waals surface area contributed by atoms with Crippen LogP contribution in [0.5, 0.6) is 0 Å². The molecule has 0 aliphatic carbocycles. The van der Waals surface area contributed by atoms with E-state index in [0.29, 0.717) is 17.7 Å². The van der Waals surface area contributed by atoms with Crippen molar-refractivity contribution >= 4 is 29.0 Å². The van der Waals surface area contributed by atoms with Crippen LogP contribution in [0.25, 0.3) is 11.5 Å². The maximum Gasteiger partial charge on any atom is 0.277 e. The fourth-order valence-electron chi connectivity index (χ4n) is 2.22. The zero-order valence-electron chi connectivity index (χ0n) is 14.4. The highest BCUT2D eigenvalue weighted by Gasteiger charge is 2.14. The summed E-state index contributed by atoms with van der Waals surface area (Å²) in [5.41, 5.74) is 3.29. The van der Waals surface area contributed by atoms with E-state index in [2.05, 4.69) is 17.1 Å². The monoisotopic (exact) mass is 373 g/mol. The summed E-state index contributed by atoms with van der Waals surface area (Å²) in [4.78, 5) is 15.1. The average molecular weight is 374 g/mol. The van der Waals surface area contributed by atoms with Gasteiger partial charge in [0.2, 0.25) is 11.8 Å². The van der Waals surface area contributed by atoms with E-state index in [4.69, 9.17) is 4.42 Å². The van der Waals surface area contributed by atoms with Crippen molar-refractivity contribution in [3.8, 4) is 11.5 Å². The number of carbonyl (C=O) groups excluding carboxylic acids is 1. The van der Waals surface area contributed by atoms with E-state index in [1.807, 2.05) is 42.6 Å². The lowest BCUT2D eigenvalue weighted by molar-refractivity contribution is -0.127. The number of thioether (sulfide) groups is 1. The van der Waals surface area contributed by atoms with Gasteiger partial charge in [-0.25, -0.2) is 0 Å². The largest absolute Gasteiger partial charge is 0.411 e. The van der Waals surface area contributed by atoms with Crippen LogP contribution >= 0.6 is 23.1 Å². The third-order valence-electron chi connectivity index (χ3n) is 3.88. The van der Waals surface area contributed by atoms with Crippen molar-refractivity contribution in [2.45, 2.75) is 25.6 Å². The molecule has 0 bridgehead atoms. The Morgan fingerprint density at radius 1 is 1.24 bits per heavy atom. The van der Waals surface area contributed by atoms with Gasteiger partial charge < -0.3 is 9.32 Å². The van der Waals surface area contributed by atoms with Crippen LogP contribution in [0.3, 0.4) is 0 Å². The number of hydrogen-bond acceptors (Lipinski definition) is 6. The molecule has 0 unspecified atom stereocenters. The van der Waals surface area contributed by atoms with Crippen molar-refractivity contribution in [2.24, 2.45) is 0 Å². The maximum atomic E-state index is 12.2. The molecule has 0 spiro atoms. The van der Waals surface area contributed by atoms with Gasteiger partial charge in [0.15, 0.2) is 0 Å². The molecule has 1 amide bonds. The van der Waals surface area contributed by atoms with Crippen molar-refractivity contribution in [2.75, 3.05) is 12.8 Å². The number of aryl methyl sites for hydroxylation is 2. The van der Waals surface area contributed by atoms with E-state index in [1.54, 1.807) is 23.3 Å². The quantitative estimate of drug-likeness (QED) is 0.607. The SMILES string of the molecule is Cc1ccc(-c2nnc(SCC(=O)N(C)Cc3cccs3)o2)cc1C. The standard InChI is InChI=1S/C18H19N3O2S2/c1-12-6-7-14(9-13(12)2)17-19-20-18(23-17)25-11-16(22)21(3)10-15-5-4-8-24-15/h4-9H,10-11H2,1-3H3. The summed E-state index contributed by atoms with van der Waals surface area (Å²) in [6.07, 6.45) is 0. The van der Waals surface area contributed by atoms with Crippen molar-refractivity contribution < 1.29 is 9.21 Å². The van der Waals surface area contributed by atoms with Gasteiger partial charge in [0.25, 0.3) is 5.22 Å². The molecule has 0 saturated heterocycles. The first-order chi connectivity index (χ1) is 12.0. The minimum Gasteiger partial charge on any atom is -0.411 e. The number of amides is 1. The van der Waals surface area contributed by atoms with Crippen LogP contribution in [0.4, 0.5) is 0 Å². The van der Waals surface area contributed by atoms with Crippen molar-refractivity contribution in [1.82, 2.24) is 15.1 Å². The van der Waals surface area contributed by atoms with Crippen LogP contribution in [-0.4, -0.2) is 33.8 Å². The zero-order valence-corrected chi connectivity index (χ0v) is 16.0. The van der Waals surface area contributed by atoms with E-state index >= 15 is 0 Å². The highest BCUT2D eigenvalue weighted by atomic mass is 32.2. The zero-order chi connectivity index (χ0) is 17.8. The van der Waals surface area contributed by atoms with Gasteiger partial charge in [-0.2, -0.15) is 0 Å². The van der Waals surface area contributed by atoms with E-state index in [9.17, 15) is 4.79 Å². The normalized spacial score (nSPS) is 10.8. The number of aromatic nitrogens is 2. The molecule has 5 nitrogen and oxygen atoms in total. The summed E-state index contributed by atoms with van der Waals surface area (Å²) in [6, 6.07) is 10.0. The number of thiophene rings is 1. The minimum absolute atomic E-state index is 0.0318. The Labute approximate surface area is 155 Å². The third-order valence-corrected chi connectivity index (χ3v) is 5.54. The van der Waals surface area contributed by atoms with Crippen molar-refractivity contribution in [3.63, 3.8) is 0 Å². The predicted molar refractivity (Wildman–Crippen MR) is 101 cm³/mol. The Kier molecular flexibility index (Phi) is 5.55. The summed E-state index contributed by atoms with van der Waals surface area (Å²) in [5, 5.41) is 10.5. The Morgan fingerprint density at radius 3 is 2.80 bits per heavy atom. The number of hydrogen-bond donors (Lipinski definition) is 0.